The molecule has 10 heteroatoms. The van der Waals surface area contributed by atoms with Gasteiger partial charge in [-0.2, -0.15) is 0 Å². The summed E-state index contributed by atoms with van der Waals surface area (Å²) in [6, 6.07) is 15.9. The minimum Gasteiger partial charge on any atom is -0.462 e. The highest BCUT2D eigenvalue weighted by Crippen LogP contribution is 2.35. The first kappa shape index (κ1) is 22.6. The third-order valence-corrected chi connectivity index (χ3v) is 5.27. The van der Waals surface area contributed by atoms with Crippen molar-refractivity contribution < 1.29 is 28.8 Å². The van der Waals surface area contributed by atoms with Crippen molar-refractivity contribution in [1.29, 1.82) is 0 Å². The van der Waals surface area contributed by atoms with E-state index in [-0.39, 0.29) is 28.4 Å². The Hall–Kier alpha value is -4.05. The van der Waals surface area contributed by atoms with Gasteiger partial charge < -0.3 is 14.8 Å². The van der Waals surface area contributed by atoms with Crippen LogP contribution in [-0.2, 0) is 14.3 Å². The SMILES string of the molecule is CCOC(=O)c1cc(-c2ccccc2)sc1NC(=O)COC(=O)c1cccc([N+](=O)[O-])c1. The number of esters is 2. The molecule has 0 atom stereocenters. The molecule has 0 saturated heterocycles. The quantitative estimate of drug-likeness (QED) is 0.306. The lowest BCUT2D eigenvalue weighted by Gasteiger charge is -2.07. The van der Waals surface area contributed by atoms with Gasteiger partial charge in [0.25, 0.3) is 11.6 Å². The van der Waals surface area contributed by atoms with Gasteiger partial charge in [-0.05, 0) is 24.6 Å². The number of nitro benzene ring substituents is 1. The minimum atomic E-state index is -0.884. The first-order chi connectivity index (χ1) is 15.4. The molecule has 0 fully saturated rings. The molecule has 1 aromatic heterocycles. The number of ether oxygens (including phenoxy) is 2. The van der Waals surface area contributed by atoms with E-state index in [0.717, 1.165) is 16.5 Å². The molecule has 0 aliphatic rings. The molecule has 3 rings (SSSR count). The maximum Gasteiger partial charge on any atom is 0.341 e. The van der Waals surface area contributed by atoms with E-state index >= 15 is 0 Å². The Kier molecular flexibility index (Phi) is 7.29. The first-order valence-electron chi connectivity index (χ1n) is 9.47. The standard InChI is InChI=1S/C22H18N2O7S/c1-2-30-22(27)17-12-18(14-7-4-3-5-8-14)32-20(17)23-19(25)13-31-21(26)15-9-6-10-16(11-15)24(28)29/h3-12H,2,13H2,1H3,(H,23,25). The van der Waals surface area contributed by atoms with Gasteiger partial charge in [0.1, 0.15) is 5.00 Å². The van der Waals surface area contributed by atoms with Crippen molar-refractivity contribution in [3.05, 3.63) is 81.9 Å². The van der Waals surface area contributed by atoms with E-state index in [0.29, 0.717) is 0 Å². The molecule has 1 N–H and O–H groups in total. The molecule has 164 valence electrons. The average Bonchev–Trinajstić information content (AvgIpc) is 3.22. The Labute approximate surface area is 186 Å². The van der Waals surface area contributed by atoms with Gasteiger partial charge in [0, 0.05) is 17.0 Å². The molecule has 0 spiro atoms. The van der Waals surface area contributed by atoms with E-state index in [2.05, 4.69) is 5.32 Å². The summed E-state index contributed by atoms with van der Waals surface area (Å²) < 4.78 is 10.0. The third-order valence-electron chi connectivity index (χ3n) is 4.17. The van der Waals surface area contributed by atoms with Crippen LogP contribution >= 0.6 is 11.3 Å². The number of carbonyl (C=O) groups excluding carboxylic acids is 3. The van der Waals surface area contributed by atoms with E-state index in [1.807, 2.05) is 30.3 Å². The van der Waals surface area contributed by atoms with Crippen molar-refractivity contribution in [2.45, 2.75) is 6.92 Å². The Bertz CT molecular complexity index is 1160. The Balaban J connectivity index is 1.71. The van der Waals surface area contributed by atoms with Crippen molar-refractivity contribution >= 4 is 39.9 Å². The highest BCUT2D eigenvalue weighted by atomic mass is 32.1. The second-order valence-corrected chi connectivity index (χ2v) is 7.42. The van der Waals surface area contributed by atoms with Crippen LogP contribution in [0.3, 0.4) is 0 Å². The fraction of sp³-hybridized carbons (Fsp3) is 0.136. The number of benzene rings is 2. The van der Waals surface area contributed by atoms with Crippen molar-refractivity contribution in [2.75, 3.05) is 18.5 Å². The van der Waals surface area contributed by atoms with Crippen LogP contribution < -0.4 is 5.32 Å². The van der Waals surface area contributed by atoms with Gasteiger partial charge in [0.15, 0.2) is 6.61 Å². The fourth-order valence-electron chi connectivity index (χ4n) is 2.71. The predicted octanol–water partition coefficient (Wildman–Crippen LogP) is 4.30. The van der Waals surface area contributed by atoms with Crippen LogP contribution in [0.4, 0.5) is 10.7 Å². The molecular formula is C22H18N2O7S. The number of carbonyl (C=O) groups is 3. The van der Waals surface area contributed by atoms with Gasteiger partial charge in [-0.25, -0.2) is 9.59 Å². The highest BCUT2D eigenvalue weighted by Gasteiger charge is 2.21. The summed E-state index contributed by atoms with van der Waals surface area (Å²) in [4.78, 5) is 47.8. The molecule has 3 aromatic rings. The number of anilines is 1. The van der Waals surface area contributed by atoms with Gasteiger partial charge in [0.2, 0.25) is 0 Å². The normalized spacial score (nSPS) is 10.3. The van der Waals surface area contributed by atoms with E-state index in [9.17, 15) is 24.5 Å². The van der Waals surface area contributed by atoms with Gasteiger partial charge >= 0.3 is 11.9 Å². The summed E-state index contributed by atoms with van der Waals surface area (Å²) in [5, 5.41) is 13.7. The van der Waals surface area contributed by atoms with Crippen molar-refractivity contribution in [3.8, 4) is 10.4 Å². The molecule has 32 heavy (non-hydrogen) atoms. The molecule has 0 radical (unpaired) electrons. The zero-order valence-corrected chi connectivity index (χ0v) is 17.7. The second kappa shape index (κ2) is 10.3. The fourth-order valence-corrected chi connectivity index (χ4v) is 3.78. The lowest BCUT2D eigenvalue weighted by Crippen LogP contribution is -2.21. The summed E-state index contributed by atoms with van der Waals surface area (Å²) in [7, 11) is 0. The van der Waals surface area contributed by atoms with Gasteiger partial charge in [-0.1, -0.05) is 36.4 Å². The summed E-state index contributed by atoms with van der Waals surface area (Å²) in [5.74, 6) is -2.14. The monoisotopic (exact) mass is 454 g/mol. The zero-order valence-electron chi connectivity index (χ0n) is 16.9. The van der Waals surface area contributed by atoms with Crippen molar-refractivity contribution in [1.82, 2.24) is 0 Å². The Morgan fingerprint density at radius 3 is 2.44 bits per heavy atom. The number of hydrogen-bond acceptors (Lipinski definition) is 8. The predicted molar refractivity (Wildman–Crippen MR) is 118 cm³/mol. The molecule has 0 bridgehead atoms. The maximum atomic E-state index is 12.4. The summed E-state index contributed by atoms with van der Waals surface area (Å²) in [6.45, 7) is 1.21. The number of nitrogens with one attached hydrogen (secondary N) is 1. The molecule has 9 nitrogen and oxygen atoms in total. The molecule has 0 aliphatic heterocycles. The van der Waals surface area contributed by atoms with Gasteiger partial charge in [0.05, 0.1) is 22.7 Å². The van der Waals surface area contributed by atoms with Crippen LogP contribution in [0.2, 0.25) is 0 Å². The minimum absolute atomic E-state index is 0.0540. The lowest BCUT2D eigenvalue weighted by molar-refractivity contribution is -0.384. The number of thiophene rings is 1. The molecule has 1 amide bonds. The first-order valence-corrected chi connectivity index (χ1v) is 10.3. The van der Waals surface area contributed by atoms with E-state index in [1.165, 1.54) is 29.5 Å². The third kappa shape index (κ3) is 5.55. The van der Waals surface area contributed by atoms with Gasteiger partial charge in [-0.15, -0.1) is 11.3 Å². The number of rotatable bonds is 8. The number of nitro groups is 1. The van der Waals surface area contributed by atoms with Crippen molar-refractivity contribution in [3.63, 3.8) is 0 Å². The molecule has 0 aliphatic carbocycles. The van der Waals surface area contributed by atoms with Crippen LogP contribution in [0.15, 0.2) is 60.7 Å². The molecule has 1 heterocycles. The second-order valence-electron chi connectivity index (χ2n) is 6.37. The number of hydrogen-bond donors (Lipinski definition) is 1. The van der Waals surface area contributed by atoms with E-state index < -0.39 is 29.4 Å². The number of non-ortho nitro benzene ring substituents is 1. The Morgan fingerprint density at radius 2 is 1.75 bits per heavy atom. The van der Waals surface area contributed by atoms with Crippen LogP contribution in [-0.4, -0.2) is 36.0 Å². The average molecular weight is 454 g/mol. The van der Waals surface area contributed by atoms with Gasteiger partial charge in [-0.3, -0.25) is 14.9 Å². The van der Waals surface area contributed by atoms with Crippen LogP contribution in [0.25, 0.3) is 10.4 Å². The smallest absolute Gasteiger partial charge is 0.341 e. The Morgan fingerprint density at radius 1 is 1.00 bits per heavy atom. The highest BCUT2D eigenvalue weighted by molar-refractivity contribution is 7.20. The molecule has 2 aromatic carbocycles. The topological polar surface area (TPSA) is 125 Å². The number of nitrogens with zero attached hydrogens (tertiary/aromatic N) is 1. The lowest BCUT2D eigenvalue weighted by atomic mass is 10.1. The van der Waals surface area contributed by atoms with E-state index in [4.69, 9.17) is 9.47 Å². The number of amides is 1. The molecular weight excluding hydrogens is 436 g/mol. The maximum absolute atomic E-state index is 12.4. The summed E-state index contributed by atoms with van der Waals surface area (Å²) in [6.07, 6.45) is 0. The van der Waals surface area contributed by atoms with Crippen molar-refractivity contribution in [2.24, 2.45) is 0 Å². The summed E-state index contributed by atoms with van der Waals surface area (Å²) >= 11 is 1.18. The van der Waals surface area contributed by atoms with E-state index in [1.54, 1.807) is 13.0 Å². The largest absolute Gasteiger partial charge is 0.462 e. The van der Waals surface area contributed by atoms with Crippen LogP contribution in [0.5, 0.6) is 0 Å². The molecule has 0 unspecified atom stereocenters. The molecule has 0 saturated carbocycles. The van der Waals surface area contributed by atoms with Crippen LogP contribution in [0.1, 0.15) is 27.6 Å². The zero-order chi connectivity index (χ0) is 23.1. The summed E-state index contributed by atoms with van der Waals surface area (Å²) in [5.41, 5.74) is 0.728. The van der Waals surface area contributed by atoms with Crippen LogP contribution in [0, 0.1) is 10.1 Å².